The summed E-state index contributed by atoms with van der Waals surface area (Å²) in [7, 11) is -3.60. The molecule has 0 unspecified atom stereocenters. The summed E-state index contributed by atoms with van der Waals surface area (Å²) in [6.07, 6.45) is 2.39. The number of aliphatic imine (C=N–C) groups is 1. The van der Waals surface area contributed by atoms with Crippen molar-refractivity contribution < 1.29 is 17.9 Å². The van der Waals surface area contributed by atoms with Crippen LogP contribution in [0.3, 0.4) is 0 Å². The number of amides is 1. The zero-order chi connectivity index (χ0) is 17.9. The lowest BCUT2D eigenvalue weighted by molar-refractivity contribution is -0.136. The van der Waals surface area contributed by atoms with E-state index in [2.05, 4.69) is 16.6 Å². The van der Waals surface area contributed by atoms with E-state index >= 15 is 0 Å². The number of carbonyl (C=O) groups is 1. The lowest BCUT2D eigenvalue weighted by atomic mass is 10.1. The third-order valence-electron chi connectivity index (χ3n) is 4.39. The number of rotatable bonds is 5. The molecule has 0 bridgehead atoms. The summed E-state index contributed by atoms with van der Waals surface area (Å²) in [6.45, 7) is 4.21. The van der Waals surface area contributed by atoms with E-state index in [1.807, 2.05) is 0 Å². The molecular formula is C17H23N3O4S. The smallest absolute Gasteiger partial charge is 0.263 e. The van der Waals surface area contributed by atoms with E-state index in [1.54, 1.807) is 29.2 Å². The number of carbonyl (C=O) groups excluding carboxylic acids is 1. The van der Waals surface area contributed by atoms with E-state index in [1.165, 1.54) is 0 Å². The fourth-order valence-electron chi connectivity index (χ4n) is 3.02. The maximum absolute atomic E-state index is 12.9. The van der Waals surface area contributed by atoms with Crippen molar-refractivity contribution in [2.75, 3.05) is 26.3 Å². The lowest BCUT2D eigenvalue weighted by Crippen LogP contribution is -2.45. The second kappa shape index (κ2) is 7.53. The van der Waals surface area contributed by atoms with Gasteiger partial charge in [-0.1, -0.05) is 31.9 Å². The fourth-order valence-corrected chi connectivity index (χ4v) is 4.26. The molecule has 2 aliphatic rings. The average molecular weight is 365 g/mol. The molecular weight excluding hydrogens is 342 g/mol. The molecule has 1 amide bonds. The van der Waals surface area contributed by atoms with E-state index in [-0.39, 0.29) is 16.6 Å². The Morgan fingerprint density at radius 2 is 2.04 bits per heavy atom. The highest BCUT2D eigenvalue weighted by atomic mass is 32.2. The first-order chi connectivity index (χ1) is 12.0. The Kier molecular flexibility index (Phi) is 5.39. The number of unbranched alkanes of at least 4 members (excludes halogenated alkanes) is 1. The lowest BCUT2D eigenvalue weighted by Gasteiger charge is -2.29. The Hall–Kier alpha value is -1.93. The van der Waals surface area contributed by atoms with Gasteiger partial charge in [-0.05, 0) is 18.6 Å². The molecule has 2 heterocycles. The van der Waals surface area contributed by atoms with Crippen molar-refractivity contribution in [1.82, 2.24) is 9.62 Å². The molecule has 25 heavy (non-hydrogen) atoms. The van der Waals surface area contributed by atoms with E-state index in [0.717, 1.165) is 12.8 Å². The van der Waals surface area contributed by atoms with E-state index < -0.39 is 16.1 Å². The molecule has 1 N–H and O–H groups in total. The van der Waals surface area contributed by atoms with Crippen molar-refractivity contribution in [1.29, 1.82) is 0 Å². The van der Waals surface area contributed by atoms with Crippen LogP contribution in [0, 0.1) is 0 Å². The number of nitrogens with zero attached hydrogens (tertiary/aromatic N) is 2. The Morgan fingerprint density at radius 3 is 2.76 bits per heavy atom. The molecule has 0 spiro atoms. The van der Waals surface area contributed by atoms with Crippen LogP contribution in [0.4, 0.5) is 0 Å². The predicted octanol–water partition coefficient (Wildman–Crippen LogP) is 1.14. The van der Waals surface area contributed by atoms with Gasteiger partial charge in [0.1, 0.15) is 11.9 Å². The van der Waals surface area contributed by atoms with Crippen molar-refractivity contribution in [3.63, 3.8) is 0 Å². The number of nitrogens with one attached hydrogen (secondary N) is 1. The van der Waals surface area contributed by atoms with Crippen molar-refractivity contribution in [3.8, 4) is 0 Å². The molecule has 1 aromatic carbocycles. The number of hydrogen-bond acceptors (Lipinski definition) is 5. The average Bonchev–Trinajstić information content (AvgIpc) is 2.89. The number of sulfonamides is 1. The normalized spacial score (nSPS) is 21.6. The van der Waals surface area contributed by atoms with Gasteiger partial charge in [0, 0.05) is 18.7 Å². The Balaban J connectivity index is 1.89. The van der Waals surface area contributed by atoms with Crippen molar-refractivity contribution >= 4 is 21.8 Å². The maximum atomic E-state index is 12.9. The number of hydrogen-bond donors (Lipinski definition) is 1. The zero-order valence-electron chi connectivity index (χ0n) is 14.3. The predicted molar refractivity (Wildman–Crippen MR) is 94.0 cm³/mol. The van der Waals surface area contributed by atoms with Gasteiger partial charge < -0.3 is 9.64 Å². The molecule has 7 nitrogen and oxygen atoms in total. The first-order valence-corrected chi connectivity index (χ1v) is 10.1. The van der Waals surface area contributed by atoms with Crippen LogP contribution in [-0.2, 0) is 19.6 Å². The minimum Gasteiger partial charge on any atom is -0.378 e. The van der Waals surface area contributed by atoms with Gasteiger partial charge >= 0.3 is 0 Å². The summed E-state index contributed by atoms with van der Waals surface area (Å²) < 4.78 is 32.2. The van der Waals surface area contributed by atoms with Gasteiger partial charge in [0.15, 0.2) is 0 Å². The van der Waals surface area contributed by atoms with Gasteiger partial charge in [-0.3, -0.25) is 14.5 Å². The standard InChI is InChI=1S/C17H23N3O4S/c1-2-3-7-14(17(21)20-9-11-24-12-10-20)18-16-13-6-4-5-8-15(13)25(22,23)19-16/h4-6,8,14H,2-3,7,9-12H2,1H3,(H,18,19)/t14-/m1/s1. The monoisotopic (exact) mass is 365 g/mol. The number of ether oxygens (including phenoxy) is 1. The molecule has 2 aliphatic heterocycles. The molecule has 0 saturated carbocycles. The van der Waals surface area contributed by atoms with Gasteiger partial charge in [0.25, 0.3) is 10.0 Å². The Bertz CT molecular complexity index is 770. The number of amidine groups is 1. The van der Waals surface area contributed by atoms with Gasteiger partial charge in [-0.25, -0.2) is 8.42 Å². The molecule has 8 heteroatoms. The van der Waals surface area contributed by atoms with E-state index in [4.69, 9.17) is 4.74 Å². The Labute approximate surface area is 148 Å². The quantitative estimate of drug-likeness (QED) is 0.848. The third kappa shape index (κ3) is 3.85. The van der Waals surface area contributed by atoms with Gasteiger partial charge in [-0.2, -0.15) is 0 Å². The molecule has 3 rings (SSSR count). The minimum absolute atomic E-state index is 0.0622. The molecule has 1 atom stereocenters. The molecule has 1 aromatic rings. The van der Waals surface area contributed by atoms with Gasteiger partial charge in [-0.15, -0.1) is 0 Å². The topological polar surface area (TPSA) is 88.1 Å². The number of benzene rings is 1. The van der Waals surface area contributed by atoms with Crippen LogP contribution in [0.5, 0.6) is 0 Å². The number of fused-ring (bicyclic) bond motifs is 1. The first-order valence-electron chi connectivity index (χ1n) is 8.59. The highest BCUT2D eigenvalue weighted by molar-refractivity contribution is 7.90. The molecule has 136 valence electrons. The van der Waals surface area contributed by atoms with Crippen LogP contribution in [0.25, 0.3) is 0 Å². The van der Waals surface area contributed by atoms with Crippen LogP contribution < -0.4 is 4.72 Å². The summed E-state index contributed by atoms with van der Waals surface area (Å²) in [6, 6.07) is 6.12. The summed E-state index contributed by atoms with van der Waals surface area (Å²) in [5.74, 6) is 0.200. The van der Waals surface area contributed by atoms with Crippen molar-refractivity contribution in [2.24, 2.45) is 4.99 Å². The van der Waals surface area contributed by atoms with Crippen molar-refractivity contribution in [2.45, 2.75) is 37.1 Å². The minimum atomic E-state index is -3.60. The van der Waals surface area contributed by atoms with Crippen molar-refractivity contribution in [3.05, 3.63) is 29.8 Å². The second-order valence-electron chi connectivity index (χ2n) is 6.18. The van der Waals surface area contributed by atoms with Crippen LogP contribution >= 0.6 is 0 Å². The molecule has 1 fully saturated rings. The Morgan fingerprint density at radius 1 is 1.32 bits per heavy atom. The third-order valence-corrected chi connectivity index (χ3v) is 5.78. The van der Waals surface area contributed by atoms with Gasteiger partial charge in [0.05, 0.1) is 18.1 Å². The maximum Gasteiger partial charge on any atom is 0.263 e. The highest BCUT2D eigenvalue weighted by Gasteiger charge is 2.32. The molecule has 1 saturated heterocycles. The number of morpholine rings is 1. The molecule has 0 aliphatic carbocycles. The summed E-state index contributed by atoms with van der Waals surface area (Å²) in [4.78, 5) is 19.3. The SMILES string of the molecule is CCCC[C@@H](N=C1NS(=O)(=O)c2ccccc21)C(=O)N1CCOCC1. The summed E-state index contributed by atoms with van der Waals surface area (Å²) >= 11 is 0. The summed E-state index contributed by atoms with van der Waals surface area (Å²) in [5, 5.41) is 0. The van der Waals surface area contributed by atoms with E-state index in [9.17, 15) is 13.2 Å². The van der Waals surface area contributed by atoms with Crippen LogP contribution in [0.15, 0.2) is 34.2 Å². The zero-order valence-corrected chi connectivity index (χ0v) is 15.1. The highest BCUT2D eigenvalue weighted by Crippen LogP contribution is 2.23. The molecule has 0 radical (unpaired) electrons. The van der Waals surface area contributed by atoms with E-state index in [0.29, 0.717) is 38.3 Å². The van der Waals surface area contributed by atoms with Crippen LogP contribution in [-0.4, -0.2) is 57.4 Å². The second-order valence-corrected chi connectivity index (χ2v) is 7.83. The fraction of sp³-hybridized carbons (Fsp3) is 0.529. The van der Waals surface area contributed by atoms with Gasteiger partial charge in [0.2, 0.25) is 5.91 Å². The van der Waals surface area contributed by atoms with Crippen LogP contribution in [0.2, 0.25) is 0 Å². The first kappa shape index (κ1) is 17.9. The molecule has 0 aromatic heterocycles. The van der Waals surface area contributed by atoms with Crippen LogP contribution in [0.1, 0.15) is 31.7 Å². The largest absolute Gasteiger partial charge is 0.378 e. The summed E-state index contributed by atoms with van der Waals surface area (Å²) in [5.41, 5.74) is 0.527.